The Morgan fingerprint density at radius 2 is 1.04 bits per heavy atom. The third-order valence-electron chi connectivity index (χ3n) is 7.00. The number of hydrogen-bond acceptors (Lipinski definition) is 8. The molecule has 0 radical (unpaired) electrons. The number of aromatic nitrogens is 2. The Balaban J connectivity index is 0.000000250. The summed E-state index contributed by atoms with van der Waals surface area (Å²) in [6.07, 6.45) is 3.14. The number of aryl methyl sites for hydroxylation is 2. The summed E-state index contributed by atoms with van der Waals surface area (Å²) in [5.74, 6) is -0.677. The van der Waals surface area contributed by atoms with Gasteiger partial charge in [0, 0.05) is 22.4 Å². The second-order valence-corrected chi connectivity index (χ2v) is 17.2. The summed E-state index contributed by atoms with van der Waals surface area (Å²) < 4.78 is 47.6. The number of benzene rings is 2. The zero-order chi connectivity index (χ0) is 34.5. The molecule has 2 N–H and O–H groups in total. The SMILES string of the molecule is Cc1ccc(NC(=O)C(C)(C)S(=O)(=O)c2ccc(Cl)cc2)nc1.Cc1ccnc(NC(=O)C(C)(C)S(=O)(=O)c2ccc(Cl)cc2)c1. The van der Waals surface area contributed by atoms with Crippen LogP contribution >= 0.6 is 23.2 Å². The van der Waals surface area contributed by atoms with Gasteiger partial charge in [0.1, 0.15) is 21.1 Å². The van der Waals surface area contributed by atoms with Crippen molar-refractivity contribution in [2.24, 2.45) is 0 Å². The Hall–Kier alpha value is -3.84. The molecule has 10 nitrogen and oxygen atoms in total. The number of rotatable bonds is 8. The smallest absolute Gasteiger partial charge is 0.246 e. The molecule has 0 saturated heterocycles. The van der Waals surface area contributed by atoms with Crippen LogP contribution < -0.4 is 10.6 Å². The Bertz CT molecular complexity index is 1930. The predicted octanol–water partition coefficient (Wildman–Crippen LogP) is 6.47. The van der Waals surface area contributed by atoms with Crippen molar-refractivity contribution in [1.82, 2.24) is 9.97 Å². The number of hydrogen-bond donors (Lipinski definition) is 2. The van der Waals surface area contributed by atoms with Gasteiger partial charge < -0.3 is 10.6 Å². The van der Waals surface area contributed by atoms with Gasteiger partial charge in [-0.25, -0.2) is 26.8 Å². The highest BCUT2D eigenvalue weighted by molar-refractivity contribution is 7.94. The average Bonchev–Trinajstić information content (AvgIpc) is 2.99. The molecular weight excluding hydrogens is 671 g/mol. The Kier molecular flexibility index (Phi) is 11.4. The minimum absolute atomic E-state index is 0.0407. The first kappa shape index (κ1) is 36.6. The lowest BCUT2D eigenvalue weighted by molar-refractivity contribution is -0.118. The van der Waals surface area contributed by atoms with Gasteiger partial charge in [-0.05, 0) is 119 Å². The van der Waals surface area contributed by atoms with E-state index in [9.17, 15) is 26.4 Å². The number of anilines is 2. The lowest BCUT2D eigenvalue weighted by Crippen LogP contribution is -2.44. The summed E-state index contributed by atoms with van der Waals surface area (Å²) in [6.45, 7) is 9.17. The van der Waals surface area contributed by atoms with Crippen molar-refractivity contribution in [3.05, 3.63) is 106 Å². The second kappa shape index (κ2) is 14.3. The largest absolute Gasteiger partial charge is 0.309 e. The molecule has 0 bridgehead atoms. The van der Waals surface area contributed by atoms with Crippen LogP contribution in [0.1, 0.15) is 38.8 Å². The van der Waals surface area contributed by atoms with Gasteiger partial charge in [-0.1, -0.05) is 29.3 Å². The summed E-state index contributed by atoms with van der Waals surface area (Å²) in [4.78, 5) is 33.1. The fourth-order valence-corrected chi connectivity index (χ4v) is 6.75. The van der Waals surface area contributed by atoms with Crippen LogP contribution in [0.15, 0.2) is 95.0 Å². The molecule has 0 unspecified atom stereocenters. The molecule has 2 heterocycles. The number of sulfone groups is 2. The van der Waals surface area contributed by atoms with E-state index in [4.69, 9.17) is 23.2 Å². The molecule has 0 saturated carbocycles. The van der Waals surface area contributed by atoms with Crippen LogP contribution in [0.25, 0.3) is 0 Å². The zero-order valence-corrected chi connectivity index (χ0v) is 29.1. The van der Waals surface area contributed by atoms with Crippen molar-refractivity contribution in [1.29, 1.82) is 0 Å². The molecule has 0 aliphatic carbocycles. The first-order valence-electron chi connectivity index (χ1n) is 13.8. The second-order valence-electron chi connectivity index (χ2n) is 11.3. The van der Waals surface area contributed by atoms with E-state index in [1.54, 1.807) is 36.7 Å². The molecule has 244 valence electrons. The molecule has 2 aromatic carbocycles. The Morgan fingerprint density at radius 3 is 1.43 bits per heavy atom. The van der Waals surface area contributed by atoms with E-state index in [1.165, 1.54) is 76.2 Å². The molecule has 14 heteroatoms. The van der Waals surface area contributed by atoms with Crippen LogP contribution in [0.3, 0.4) is 0 Å². The molecule has 2 aromatic heterocycles. The van der Waals surface area contributed by atoms with Gasteiger partial charge in [0.25, 0.3) is 0 Å². The number of carbonyl (C=O) groups is 2. The summed E-state index contributed by atoms with van der Waals surface area (Å²) >= 11 is 11.6. The van der Waals surface area contributed by atoms with Gasteiger partial charge in [0.2, 0.25) is 11.8 Å². The first-order valence-corrected chi connectivity index (χ1v) is 17.5. The molecule has 2 amide bonds. The van der Waals surface area contributed by atoms with Gasteiger partial charge in [0.15, 0.2) is 19.7 Å². The van der Waals surface area contributed by atoms with Crippen molar-refractivity contribution in [2.45, 2.75) is 60.8 Å². The fourth-order valence-electron chi connectivity index (χ4n) is 3.74. The van der Waals surface area contributed by atoms with Gasteiger partial charge in [-0.2, -0.15) is 0 Å². The van der Waals surface area contributed by atoms with E-state index in [0.717, 1.165) is 11.1 Å². The van der Waals surface area contributed by atoms with Crippen molar-refractivity contribution >= 4 is 66.3 Å². The van der Waals surface area contributed by atoms with Gasteiger partial charge in [-0.3, -0.25) is 9.59 Å². The number of nitrogens with one attached hydrogen (secondary N) is 2. The summed E-state index contributed by atoms with van der Waals surface area (Å²) in [7, 11) is -7.76. The predicted molar refractivity (Wildman–Crippen MR) is 181 cm³/mol. The van der Waals surface area contributed by atoms with Crippen molar-refractivity contribution in [3.8, 4) is 0 Å². The van der Waals surface area contributed by atoms with E-state index >= 15 is 0 Å². The normalized spacial score (nSPS) is 12.0. The zero-order valence-electron chi connectivity index (χ0n) is 26.0. The molecule has 0 aliphatic rings. The fraction of sp³-hybridized carbons (Fsp3) is 0.250. The van der Waals surface area contributed by atoms with Crippen molar-refractivity contribution in [3.63, 3.8) is 0 Å². The maximum atomic E-state index is 12.7. The minimum atomic E-state index is -3.88. The average molecular weight is 706 g/mol. The van der Waals surface area contributed by atoms with Crippen LogP contribution in [0, 0.1) is 13.8 Å². The number of amides is 2. The molecule has 0 atom stereocenters. The standard InChI is InChI=1S/2C16H17ClN2O3S/c1-11-4-9-14(18-10-11)19-15(20)16(2,3)23(21,22)13-7-5-12(17)6-8-13;1-11-8-9-18-14(10-11)19-15(20)16(2,3)23(21,22)13-6-4-12(17)5-7-13/h2*4-10H,1-3H3,(H,18,19,20). The summed E-state index contributed by atoms with van der Waals surface area (Å²) in [5, 5.41) is 5.95. The highest BCUT2D eigenvalue weighted by atomic mass is 35.5. The Labute approximate surface area is 279 Å². The first-order chi connectivity index (χ1) is 21.3. The number of pyridine rings is 2. The van der Waals surface area contributed by atoms with Gasteiger partial charge in [0.05, 0.1) is 9.79 Å². The number of halogens is 2. The van der Waals surface area contributed by atoms with E-state index in [-0.39, 0.29) is 9.79 Å². The lowest BCUT2D eigenvalue weighted by atomic mass is 10.2. The van der Waals surface area contributed by atoms with E-state index in [0.29, 0.717) is 21.7 Å². The van der Waals surface area contributed by atoms with Crippen LogP contribution in [0.5, 0.6) is 0 Å². The van der Waals surface area contributed by atoms with Gasteiger partial charge in [-0.15, -0.1) is 0 Å². The highest BCUT2D eigenvalue weighted by Crippen LogP contribution is 2.29. The maximum Gasteiger partial charge on any atom is 0.246 e. The summed E-state index contributed by atoms with van der Waals surface area (Å²) in [6, 6.07) is 18.3. The van der Waals surface area contributed by atoms with Crippen LogP contribution in [0.4, 0.5) is 11.6 Å². The monoisotopic (exact) mass is 704 g/mol. The van der Waals surface area contributed by atoms with Crippen LogP contribution in [-0.4, -0.2) is 48.1 Å². The topological polar surface area (TPSA) is 152 Å². The highest BCUT2D eigenvalue weighted by Gasteiger charge is 2.44. The molecular formula is C32H34Cl2N4O6S2. The molecule has 0 fully saturated rings. The summed E-state index contributed by atoms with van der Waals surface area (Å²) in [5.41, 5.74) is 1.85. The molecule has 0 spiro atoms. The van der Waals surface area contributed by atoms with Crippen molar-refractivity contribution < 1.29 is 26.4 Å². The number of nitrogens with zero attached hydrogens (tertiary/aromatic N) is 2. The lowest BCUT2D eigenvalue weighted by Gasteiger charge is -2.23. The minimum Gasteiger partial charge on any atom is -0.309 e. The van der Waals surface area contributed by atoms with Gasteiger partial charge >= 0.3 is 0 Å². The third kappa shape index (κ3) is 8.30. The van der Waals surface area contributed by atoms with Crippen LogP contribution in [0.2, 0.25) is 10.0 Å². The molecule has 4 aromatic rings. The number of carbonyl (C=O) groups excluding carboxylic acids is 2. The maximum absolute atomic E-state index is 12.7. The Morgan fingerprint density at radius 1 is 0.609 bits per heavy atom. The molecule has 46 heavy (non-hydrogen) atoms. The molecule has 4 rings (SSSR count). The molecule has 0 aliphatic heterocycles. The van der Waals surface area contributed by atoms with Crippen LogP contribution in [-0.2, 0) is 29.3 Å². The van der Waals surface area contributed by atoms with E-state index in [2.05, 4.69) is 20.6 Å². The van der Waals surface area contributed by atoms with E-state index < -0.39 is 41.0 Å². The quantitative estimate of drug-likeness (QED) is 0.212. The van der Waals surface area contributed by atoms with E-state index in [1.807, 2.05) is 13.8 Å². The van der Waals surface area contributed by atoms with Crippen molar-refractivity contribution in [2.75, 3.05) is 10.6 Å². The third-order valence-corrected chi connectivity index (χ3v) is 12.3.